The van der Waals surface area contributed by atoms with Crippen LogP contribution in [0.1, 0.15) is 41.3 Å². The number of carbonyl (C=O) groups excluding carboxylic acids is 1. The molecule has 0 bridgehead atoms. The Balaban J connectivity index is 1.46. The Labute approximate surface area is 151 Å². The number of benzene rings is 1. The molecule has 1 aliphatic rings. The van der Waals surface area contributed by atoms with Gasteiger partial charge >= 0.3 is 0 Å². The van der Waals surface area contributed by atoms with E-state index in [9.17, 15) is 4.79 Å². The normalized spacial score (nSPS) is 17.0. The van der Waals surface area contributed by atoms with Crippen molar-refractivity contribution in [3.63, 3.8) is 0 Å². The molecule has 134 valence electrons. The van der Waals surface area contributed by atoms with Crippen LogP contribution in [0.4, 0.5) is 0 Å². The summed E-state index contributed by atoms with van der Waals surface area (Å²) in [6.45, 7) is 2.55. The summed E-state index contributed by atoms with van der Waals surface area (Å²) in [5.74, 6) is 1.20. The van der Waals surface area contributed by atoms with Crippen LogP contribution in [0.25, 0.3) is 5.69 Å². The second-order valence-electron chi connectivity index (χ2n) is 6.55. The third-order valence-electron chi connectivity index (χ3n) is 4.93. The highest BCUT2D eigenvalue weighted by atomic mass is 16.3. The van der Waals surface area contributed by atoms with Gasteiger partial charge in [0.15, 0.2) is 6.39 Å². The molecule has 0 saturated carbocycles. The molecule has 0 N–H and O–H groups in total. The fourth-order valence-corrected chi connectivity index (χ4v) is 3.57. The van der Waals surface area contributed by atoms with Crippen molar-refractivity contribution in [1.29, 1.82) is 0 Å². The van der Waals surface area contributed by atoms with E-state index in [-0.39, 0.29) is 11.9 Å². The second-order valence-corrected chi connectivity index (χ2v) is 6.55. The number of nitrogens with zero attached hydrogens (tertiary/aromatic N) is 5. The molecule has 1 fully saturated rings. The Hall–Kier alpha value is -2.96. The molecular formula is C19H21N5O2. The van der Waals surface area contributed by atoms with Crippen LogP contribution < -0.4 is 0 Å². The molecule has 26 heavy (non-hydrogen) atoms. The van der Waals surface area contributed by atoms with Crippen LogP contribution in [0.2, 0.25) is 0 Å². The summed E-state index contributed by atoms with van der Waals surface area (Å²) in [6.07, 6.45) is 6.69. The second kappa shape index (κ2) is 7.11. The molecule has 1 saturated heterocycles. The summed E-state index contributed by atoms with van der Waals surface area (Å²) < 4.78 is 7.29. The van der Waals surface area contributed by atoms with Gasteiger partial charge in [0, 0.05) is 24.7 Å². The van der Waals surface area contributed by atoms with Gasteiger partial charge in [-0.2, -0.15) is 0 Å². The zero-order chi connectivity index (χ0) is 17.9. The van der Waals surface area contributed by atoms with Gasteiger partial charge in [0.05, 0.1) is 5.69 Å². The Morgan fingerprint density at radius 3 is 2.92 bits per heavy atom. The minimum atomic E-state index is -0.0629. The summed E-state index contributed by atoms with van der Waals surface area (Å²) in [6, 6.07) is 10.2. The van der Waals surface area contributed by atoms with Gasteiger partial charge in [-0.15, -0.1) is 10.2 Å². The van der Waals surface area contributed by atoms with Gasteiger partial charge in [-0.05, 0) is 38.3 Å². The molecule has 1 unspecified atom stereocenters. The highest BCUT2D eigenvalue weighted by Crippen LogP contribution is 2.25. The van der Waals surface area contributed by atoms with E-state index in [1.807, 2.05) is 39.8 Å². The van der Waals surface area contributed by atoms with Crippen LogP contribution >= 0.6 is 0 Å². The van der Waals surface area contributed by atoms with Crippen molar-refractivity contribution in [1.82, 2.24) is 24.6 Å². The fraction of sp³-hybridized carbons (Fsp3) is 0.368. The minimum absolute atomic E-state index is 0.0629. The van der Waals surface area contributed by atoms with Crippen molar-refractivity contribution in [2.45, 2.75) is 38.6 Å². The summed E-state index contributed by atoms with van der Waals surface area (Å²) in [5.41, 5.74) is 1.69. The summed E-state index contributed by atoms with van der Waals surface area (Å²) in [7, 11) is 0. The lowest BCUT2D eigenvalue weighted by Gasteiger charge is -2.23. The molecule has 1 atom stereocenters. The topological polar surface area (TPSA) is 77.1 Å². The lowest BCUT2D eigenvalue weighted by molar-refractivity contribution is 0.0697. The lowest BCUT2D eigenvalue weighted by atomic mass is 10.1. The van der Waals surface area contributed by atoms with Crippen molar-refractivity contribution in [2.75, 3.05) is 6.54 Å². The number of hydrogen-bond donors (Lipinski definition) is 0. The number of aryl methyl sites for hydroxylation is 2. The van der Waals surface area contributed by atoms with Crippen LogP contribution in [-0.2, 0) is 6.42 Å². The van der Waals surface area contributed by atoms with E-state index in [0.717, 1.165) is 43.7 Å². The van der Waals surface area contributed by atoms with Gasteiger partial charge in [0.2, 0.25) is 5.76 Å². The summed E-state index contributed by atoms with van der Waals surface area (Å²) in [4.78, 5) is 18.7. The predicted molar refractivity (Wildman–Crippen MR) is 95.0 cm³/mol. The first-order valence-corrected chi connectivity index (χ1v) is 8.89. The van der Waals surface area contributed by atoms with E-state index in [0.29, 0.717) is 11.5 Å². The molecule has 7 heteroatoms. The Bertz CT molecular complexity index is 886. The summed E-state index contributed by atoms with van der Waals surface area (Å²) in [5, 5.41) is 8.33. The van der Waals surface area contributed by atoms with Crippen molar-refractivity contribution in [3.05, 3.63) is 60.3 Å². The number of amides is 1. The standard InChI is InChI=1S/C19H21N5O2/c1-14-18(26-13-20-14)19(25)23-11-5-8-16(23)9-10-17-22-21-12-24(17)15-6-3-2-4-7-15/h2-4,6-7,12-13,16H,5,8-11H2,1H3. The number of aromatic nitrogens is 4. The van der Waals surface area contributed by atoms with Crippen LogP contribution in [0, 0.1) is 6.92 Å². The third-order valence-corrected chi connectivity index (χ3v) is 4.93. The predicted octanol–water partition coefficient (Wildman–Crippen LogP) is 2.80. The van der Waals surface area contributed by atoms with Crippen molar-refractivity contribution < 1.29 is 9.21 Å². The van der Waals surface area contributed by atoms with Gasteiger partial charge in [-0.1, -0.05) is 18.2 Å². The monoisotopic (exact) mass is 351 g/mol. The average molecular weight is 351 g/mol. The molecule has 0 aliphatic carbocycles. The highest BCUT2D eigenvalue weighted by molar-refractivity contribution is 5.92. The van der Waals surface area contributed by atoms with Gasteiger partial charge in [0.25, 0.3) is 5.91 Å². The SMILES string of the molecule is Cc1ncoc1C(=O)N1CCCC1CCc1nncn1-c1ccccc1. The number of carbonyl (C=O) groups is 1. The zero-order valence-electron chi connectivity index (χ0n) is 14.7. The van der Waals surface area contributed by atoms with Crippen molar-refractivity contribution >= 4 is 5.91 Å². The molecule has 0 radical (unpaired) electrons. The van der Waals surface area contributed by atoms with Gasteiger partial charge in [-0.3, -0.25) is 9.36 Å². The molecular weight excluding hydrogens is 330 g/mol. The van der Waals surface area contributed by atoms with Gasteiger partial charge < -0.3 is 9.32 Å². The number of hydrogen-bond acceptors (Lipinski definition) is 5. The minimum Gasteiger partial charge on any atom is -0.438 e. The van der Waals surface area contributed by atoms with E-state index in [4.69, 9.17) is 4.42 Å². The van der Waals surface area contributed by atoms with Crippen LogP contribution in [-0.4, -0.2) is 43.1 Å². The number of para-hydroxylation sites is 1. The molecule has 2 aromatic heterocycles. The Kier molecular flexibility index (Phi) is 4.51. The van der Waals surface area contributed by atoms with Gasteiger partial charge in [0.1, 0.15) is 12.2 Å². The molecule has 1 aliphatic heterocycles. The third kappa shape index (κ3) is 3.12. The quantitative estimate of drug-likeness (QED) is 0.706. The smallest absolute Gasteiger partial charge is 0.291 e. The number of rotatable bonds is 5. The summed E-state index contributed by atoms with van der Waals surface area (Å²) >= 11 is 0. The lowest BCUT2D eigenvalue weighted by Crippen LogP contribution is -2.36. The number of likely N-dealkylation sites (tertiary alicyclic amines) is 1. The van der Waals surface area contributed by atoms with Crippen LogP contribution in [0.3, 0.4) is 0 Å². The first-order chi connectivity index (χ1) is 12.7. The molecule has 4 rings (SSSR count). The highest BCUT2D eigenvalue weighted by Gasteiger charge is 2.32. The molecule has 7 nitrogen and oxygen atoms in total. The van der Waals surface area contributed by atoms with E-state index < -0.39 is 0 Å². The Morgan fingerprint density at radius 2 is 2.15 bits per heavy atom. The van der Waals surface area contributed by atoms with Crippen molar-refractivity contribution in [3.8, 4) is 5.69 Å². The zero-order valence-corrected chi connectivity index (χ0v) is 14.7. The molecule has 3 heterocycles. The van der Waals surface area contributed by atoms with Crippen LogP contribution in [0.5, 0.6) is 0 Å². The largest absolute Gasteiger partial charge is 0.438 e. The number of oxazole rings is 1. The molecule has 1 amide bonds. The van der Waals surface area contributed by atoms with Crippen LogP contribution in [0.15, 0.2) is 47.5 Å². The van der Waals surface area contributed by atoms with E-state index >= 15 is 0 Å². The van der Waals surface area contributed by atoms with E-state index in [2.05, 4.69) is 15.2 Å². The maximum atomic E-state index is 12.7. The van der Waals surface area contributed by atoms with Gasteiger partial charge in [-0.25, -0.2) is 4.98 Å². The van der Waals surface area contributed by atoms with E-state index in [1.165, 1.54) is 6.39 Å². The fourth-order valence-electron chi connectivity index (χ4n) is 3.57. The molecule has 0 spiro atoms. The average Bonchev–Trinajstić information content (AvgIpc) is 3.40. The maximum absolute atomic E-state index is 12.7. The first-order valence-electron chi connectivity index (χ1n) is 8.89. The molecule has 1 aromatic carbocycles. The van der Waals surface area contributed by atoms with E-state index in [1.54, 1.807) is 13.3 Å². The molecule has 3 aromatic rings. The van der Waals surface area contributed by atoms with Crippen molar-refractivity contribution in [2.24, 2.45) is 0 Å². The Morgan fingerprint density at radius 1 is 1.31 bits per heavy atom. The maximum Gasteiger partial charge on any atom is 0.291 e. The first kappa shape index (κ1) is 16.5.